The molecule has 0 bridgehead atoms. The van der Waals surface area contributed by atoms with E-state index in [4.69, 9.17) is 21.1 Å². The Morgan fingerprint density at radius 2 is 2.08 bits per heavy atom. The number of aromatic nitrogens is 2. The van der Waals surface area contributed by atoms with Gasteiger partial charge in [0.05, 0.1) is 35.6 Å². The molecule has 9 nitrogen and oxygen atoms in total. The number of thioether (sulfide) groups is 1. The lowest BCUT2D eigenvalue weighted by Crippen LogP contribution is -2.15. The molecule has 134 valence electrons. The molecule has 11 heteroatoms. The second-order valence-corrected chi connectivity index (χ2v) is 6.15. The number of H-pyrrole nitrogens is 1. The molecular weight excluding hydrogens is 372 g/mol. The topological polar surface area (TPSA) is 119 Å². The van der Waals surface area contributed by atoms with E-state index in [2.05, 4.69) is 15.5 Å². The summed E-state index contributed by atoms with van der Waals surface area (Å²) in [6, 6.07) is 3.05. The van der Waals surface area contributed by atoms with Crippen molar-refractivity contribution in [3.63, 3.8) is 0 Å². The Labute approximate surface area is 152 Å². The predicted molar refractivity (Wildman–Crippen MR) is 93.9 cm³/mol. The van der Waals surface area contributed by atoms with Crippen molar-refractivity contribution >= 4 is 40.6 Å². The minimum absolute atomic E-state index is 0.0702. The molecule has 0 atom stereocenters. The van der Waals surface area contributed by atoms with Crippen molar-refractivity contribution in [2.24, 2.45) is 0 Å². The fraction of sp³-hybridized carbons (Fsp3) is 0.286. The first kappa shape index (κ1) is 18.9. The summed E-state index contributed by atoms with van der Waals surface area (Å²) in [7, 11) is 2.90. The summed E-state index contributed by atoms with van der Waals surface area (Å²) in [5.41, 5.74) is 0.572. The molecule has 0 fully saturated rings. The van der Waals surface area contributed by atoms with Gasteiger partial charge in [-0.1, -0.05) is 23.4 Å². The molecule has 0 aliphatic rings. The predicted octanol–water partition coefficient (Wildman–Crippen LogP) is 3.03. The monoisotopic (exact) mass is 386 g/mol. The maximum absolute atomic E-state index is 12.2. The van der Waals surface area contributed by atoms with Crippen molar-refractivity contribution in [3.8, 4) is 11.5 Å². The van der Waals surface area contributed by atoms with Crippen LogP contribution in [0.3, 0.4) is 0 Å². The van der Waals surface area contributed by atoms with Gasteiger partial charge in [0.1, 0.15) is 17.2 Å². The number of ether oxygens (including phenoxy) is 2. The second-order valence-electron chi connectivity index (χ2n) is 4.78. The highest BCUT2D eigenvalue weighted by molar-refractivity contribution is 8.00. The zero-order valence-corrected chi connectivity index (χ0v) is 15.2. The van der Waals surface area contributed by atoms with E-state index in [0.29, 0.717) is 27.9 Å². The Morgan fingerprint density at radius 1 is 1.40 bits per heavy atom. The van der Waals surface area contributed by atoms with Crippen LogP contribution in [-0.4, -0.2) is 41.0 Å². The third kappa shape index (κ3) is 4.34. The number of rotatable bonds is 7. The van der Waals surface area contributed by atoms with Gasteiger partial charge in [0.15, 0.2) is 5.03 Å². The molecule has 0 saturated carbocycles. The Kier molecular flexibility index (Phi) is 6.10. The first-order chi connectivity index (χ1) is 11.9. The average Bonchev–Trinajstić information content (AvgIpc) is 2.95. The van der Waals surface area contributed by atoms with Gasteiger partial charge in [-0.15, -0.1) is 0 Å². The van der Waals surface area contributed by atoms with Gasteiger partial charge in [0, 0.05) is 12.1 Å². The lowest BCUT2D eigenvalue weighted by Gasteiger charge is -2.12. The van der Waals surface area contributed by atoms with Gasteiger partial charge in [0.2, 0.25) is 5.91 Å². The molecule has 2 N–H and O–H groups in total. The number of aryl methyl sites for hydroxylation is 1. The molecule has 1 aromatic carbocycles. The van der Waals surface area contributed by atoms with Crippen LogP contribution in [0.2, 0.25) is 5.02 Å². The van der Waals surface area contributed by atoms with E-state index in [1.165, 1.54) is 26.4 Å². The minimum Gasteiger partial charge on any atom is -0.495 e. The normalized spacial score (nSPS) is 10.4. The van der Waals surface area contributed by atoms with Crippen LogP contribution in [0.25, 0.3) is 0 Å². The molecule has 0 saturated heterocycles. The third-order valence-electron chi connectivity index (χ3n) is 3.15. The van der Waals surface area contributed by atoms with Crippen LogP contribution < -0.4 is 14.8 Å². The highest BCUT2D eigenvalue weighted by Gasteiger charge is 2.23. The lowest BCUT2D eigenvalue weighted by atomic mass is 10.2. The summed E-state index contributed by atoms with van der Waals surface area (Å²) in [6.07, 6.45) is 0. The van der Waals surface area contributed by atoms with Crippen LogP contribution in [0, 0.1) is 17.0 Å². The number of nitro groups is 1. The van der Waals surface area contributed by atoms with Crippen molar-refractivity contribution in [3.05, 3.63) is 33.0 Å². The number of carbonyl (C=O) groups excluding carboxylic acids is 1. The number of amides is 1. The number of hydrogen-bond donors (Lipinski definition) is 2. The molecule has 0 aliphatic carbocycles. The Balaban J connectivity index is 2.10. The van der Waals surface area contributed by atoms with Crippen molar-refractivity contribution in [1.82, 2.24) is 10.2 Å². The van der Waals surface area contributed by atoms with Crippen LogP contribution in [0.1, 0.15) is 5.69 Å². The second kappa shape index (κ2) is 8.08. The Hall–Kier alpha value is -2.46. The van der Waals surface area contributed by atoms with E-state index in [1.807, 2.05) is 0 Å². The molecule has 0 unspecified atom stereocenters. The number of halogens is 1. The lowest BCUT2D eigenvalue weighted by molar-refractivity contribution is -0.388. The Bertz CT molecular complexity index is 811. The summed E-state index contributed by atoms with van der Waals surface area (Å²) >= 11 is 6.97. The van der Waals surface area contributed by atoms with Crippen molar-refractivity contribution in [2.45, 2.75) is 11.9 Å². The maximum Gasteiger partial charge on any atom is 0.323 e. The van der Waals surface area contributed by atoms with Crippen LogP contribution in [0.4, 0.5) is 11.4 Å². The first-order valence-electron chi connectivity index (χ1n) is 6.90. The van der Waals surface area contributed by atoms with E-state index >= 15 is 0 Å². The van der Waals surface area contributed by atoms with Gasteiger partial charge in [-0.3, -0.25) is 20.0 Å². The molecule has 2 rings (SSSR count). The quantitative estimate of drug-likeness (QED) is 0.426. The molecule has 2 aromatic rings. The van der Waals surface area contributed by atoms with E-state index in [9.17, 15) is 14.9 Å². The molecular formula is C14H15ClN4O5S. The van der Waals surface area contributed by atoms with E-state index in [1.54, 1.807) is 6.92 Å². The molecule has 1 heterocycles. The van der Waals surface area contributed by atoms with Gasteiger partial charge in [-0.2, -0.15) is 5.10 Å². The highest BCUT2D eigenvalue weighted by Crippen LogP contribution is 2.36. The number of benzene rings is 1. The Morgan fingerprint density at radius 3 is 2.68 bits per heavy atom. The van der Waals surface area contributed by atoms with E-state index < -0.39 is 4.92 Å². The van der Waals surface area contributed by atoms with Crippen LogP contribution in [-0.2, 0) is 4.79 Å². The fourth-order valence-electron chi connectivity index (χ4n) is 1.99. The van der Waals surface area contributed by atoms with Gasteiger partial charge in [-0.25, -0.2) is 0 Å². The minimum atomic E-state index is -0.536. The highest BCUT2D eigenvalue weighted by atomic mass is 35.5. The summed E-state index contributed by atoms with van der Waals surface area (Å²) in [5.74, 6) is 0.288. The SMILES string of the molecule is COc1cc(NC(=O)CSc2n[nH]c(C)c2[N+](=O)[O-])c(OC)cc1Cl. The number of methoxy groups -OCH3 is 2. The summed E-state index contributed by atoms with van der Waals surface area (Å²) in [5, 5.41) is 20.5. The largest absolute Gasteiger partial charge is 0.495 e. The maximum atomic E-state index is 12.2. The number of hydrogen-bond acceptors (Lipinski definition) is 7. The molecule has 25 heavy (non-hydrogen) atoms. The fourth-order valence-corrected chi connectivity index (χ4v) is 3.04. The molecule has 0 radical (unpaired) electrons. The van der Waals surface area contributed by atoms with Crippen molar-refractivity contribution in [2.75, 3.05) is 25.3 Å². The smallest absolute Gasteiger partial charge is 0.323 e. The molecule has 1 amide bonds. The molecule has 0 aliphatic heterocycles. The van der Waals surface area contributed by atoms with Crippen LogP contribution >= 0.6 is 23.4 Å². The summed E-state index contributed by atoms with van der Waals surface area (Å²) in [4.78, 5) is 22.6. The zero-order valence-electron chi connectivity index (χ0n) is 13.6. The van der Waals surface area contributed by atoms with Crippen LogP contribution in [0.5, 0.6) is 11.5 Å². The molecule has 1 aromatic heterocycles. The number of nitrogens with zero attached hydrogens (tertiary/aromatic N) is 2. The van der Waals surface area contributed by atoms with Crippen LogP contribution in [0.15, 0.2) is 17.2 Å². The van der Waals surface area contributed by atoms with Crippen molar-refractivity contribution in [1.29, 1.82) is 0 Å². The first-order valence-corrected chi connectivity index (χ1v) is 8.27. The van der Waals surface area contributed by atoms with Gasteiger partial charge in [-0.05, 0) is 6.92 Å². The van der Waals surface area contributed by atoms with Crippen molar-refractivity contribution < 1.29 is 19.2 Å². The number of carbonyl (C=O) groups is 1. The number of aromatic amines is 1. The summed E-state index contributed by atoms with van der Waals surface area (Å²) in [6.45, 7) is 1.54. The number of anilines is 1. The van der Waals surface area contributed by atoms with Gasteiger partial charge in [0.25, 0.3) is 0 Å². The van der Waals surface area contributed by atoms with Gasteiger partial charge >= 0.3 is 5.69 Å². The third-order valence-corrected chi connectivity index (χ3v) is 4.41. The zero-order chi connectivity index (χ0) is 18.6. The molecule has 0 spiro atoms. The number of nitrogens with one attached hydrogen (secondary N) is 2. The van der Waals surface area contributed by atoms with E-state index in [0.717, 1.165) is 11.8 Å². The summed E-state index contributed by atoms with van der Waals surface area (Å²) < 4.78 is 10.3. The van der Waals surface area contributed by atoms with Gasteiger partial charge < -0.3 is 14.8 Å². The average molecular weight is 387 g/mol. The van der Waals surface area contributed by atoms with E-state index in [-0.39, 0.29) is 22.4 Å². The standard InChI is InChI=1S/C14H15ClN4O5S/c1-7-13(19(21)22)14(18-17-7)25-6-12(20)16-9-5-10(23-2)8(15)4-11(9)24-3/h4-5H,6H2,1-3H3,(H,16,20)(H,17,18).